The minimum absolute atomic E-state index is 0.00370. The first kappa shape index (κ1) is 12.2. The number of rotatable bonds is 5. The lowest BCUT2D eigenvalue weighted by Gasteiger charge is -2.05. The molecule has 82 valence electrons. The number of benzene rings is 1. The number of halogens is 2. The van der Waals surface area contributed by atoms with Gasteiger partial charge in [0.2, 0.25) is 0 Å². The zero-order valence-corrected chi connectivity index (χ0v) is 10.0. The molecular formula is C11H12BrFO2. The molecule has 0 heterocycles. The lowest BCUT2D eigenvalue weighted by atomic mass is 10.2. The van der Waals surface area contributed by atoms with E-state index in [0.29, 0.717) is 16.6 Å². The van der Waals surface area contributed by atoms with E-state index in [1.54, 1.807) is 6.07 Å². The van der Waals surface area contributed by atoms with Crippen LogP contribution in [0, 0.1) is 5.82 Å². The van der Waals surface area contributed by atoms with Crippen LogP contribution in [0.15, 0.2) is 22.7 Å². The largest absolute Gasteiger partial charge is 0.486 e. The molecule has 1 aromatic carbocycles. The molecule has 15 heavy (non-hydrogen) atoms. The van der Waals surface area contributed by atoms with Gasteiger partial charge in [0.05, 0.1) is 0 Å². The number of ketones is 1. The van der Waals surface area contributed by atoms with E-state index in [2.05, 4.69) is 15.9 Å². The van der Waals surface area contributed by atoms with Gasteiger partial charge in [-0.3, -0.25) is 4.79 Å². The van der Waals surface area contributed by atoms with Crippen LogP contribution in [0.3, 0.4) is 0 Å². The monoisotopic (exact) mass is 274 g/mol. The molecule has 0 amide bonds. The predicted molar refractivity (Wildman–Crippen MR) is 59.5 cm³/mol. The molecule has 0 fully saturated rings. The average molecular weight is 275 g/mol. The Bertz CT molecular complexity index is 332. The summed E-state index contributed by atoms with van der Waals surface area (Å²) in [6.45, 7) is 1.93. The number of Topliss-reactive ketones (excluding diaryl/α,β-unsaturated/α-hetero) is 1. The third kappa shape index (κ3) is 4.42. The van der Waals surface area contributed by atoms with Crippen LogP contribution < -0.4 is 4.74 Å². The van der Waals surface area contributed by atoms with Gasteiger partial charge in [-0.1, -0.05) is 22.9 Å². The second kappa shape index (κ2) is 5.85. The Kier molecular flexibility index (Phi) is 4.75. The van der Waals surface area contributed by atoms with E-state index in [1.807, 2.05) is 6.92 Å². The Labute approximate surface area is 96.6 Å². The summed E-state index contributed by atoms with van der Waals surface area (Å²) in [5.41, 5.74) is 0. The van der Waals surface area contributed by atoms with E-state index < -0.39 is 0 Å². The van der Waals surface area contributed by atoms with Gasteiger partial charge in [-0.2, -0.15) is 0 Å². The van der Waals surface area contributed by atoms with Crippen LogP contribution in [0.5, 0.6) is 5.75 Å². The molecule has 0 aliphatic rings. The van der Waals surface area contributed by atoms with Crippen LogP contribution in [-0.2, 0) is 4.79 Å². The topological polar surface area (TPSA) is 26.3 Å². The molecule has 0 saturated heterocycles. The first-order valence-electron chi connectivity index (χ1n) is 4.72. The van der Waals surface area contributed by atoms with Gasteiger partial charge in [0.1, 0.15) is 18.2 Å². The molecule has 0 saturated carbocycles. The maximum absolute atomic E-state index is 12.9. The van der Waals surface area contributed by atoms with Crippen LogP contribution in [0.25, 0.3) is 0 Å². The summed E-state index contributed by atoms with van der Waals surface area (Å²) in [5.74, 6) is 0.00604. The van der Waals surface area contributed by atoms with Crippen molar-refractivity contribution in [1.29, 1.82) is 0 Å². The van der Waals surface area contributed by atoms with Crippen molar-refractivity contribution in [1.82, 2.24) is 0 Å². The normalized spacial score (nSPS) is 10.1. The highest BCUT2D eigenvalue weighted by molar-refractivity contribution is 9.10. The lowest BCUT2D eigenvalue weighted by molar-refractivity contribution is -0.121. The van der Waals surface area contributed by atoms with Gasteiger partial charge in [0, 0.05) is 17.0 Å². The quantitative estimate of drug-likeness (QED) is 0.823. The van der Waals surface area contributed by atoms with Gasteiger partial charge in [-0.25, -0.2) is 4.39 Å². The summed E-state index contributed by atoms with van der Waals surface area (Å²) >= 11 is 3.15. The van der Waals surface area contributed by atoms with E-state index in [9.17, 15) is 9.18 Å². The van der Waals surface area contributed by atoms with E-state index in [1.165, 1.54) is 12.1 Å². The molecule has 0 unspecified atom stereocenters. The molecule has 2 nitrogen and oxygen atoms in total. The standard InChI is InChI=1S/C11H12BrFO2/c1-2-3-10(14)7-15-11-5-8(12)4-9(13)6-11/h4-6H,2-3,7H2,1H3. The minimum Gasteiger partial charge on any atom is -0.486 e. The maximum atomic E-state index is 12.9. The summed E-state index contributed by atoms with van der Waals surface area (Å²) in [5, 5.41) is 0. The van der Waals surface area contributed by atoms with E-state index >= 15 is 0 Å². The Morgan fingerprint density at radius 3 is 2.80 bits per heavy atom. The highest BCUT2D eigenvalue weighted by Crippen LogP contribution is 2.20. The molecule has 0 bridgehead atoms. The molecule has 1 aromatic rings. The average Bonchev–Trinajstić information content (AvgIpc) is 2.14. The van der Waals surface area contributed by atoms with Gasteiger partial charge in [-0.15, -0.1) is 0 Å². The van der Waals surface area contributed by atoms with Crippen molar-refractivity contribution in [3.63, 3.8) is 0 Å². The van der Waals surface area contributed by atoms with E-state index in [0.717, 1.165) is 6.42 Å². The number of carbonyl (C=O) groups excluding carboxylic acids is 1. The lowest BCUT2D eigenvalue weighted by Crippen LogP contribution is -2.10. The molecular weight excluding hydrogens is 263 g/mol. The van der Waals surface area contributed by atoms with Gasteiger partial charge in [0.15, 0.2) is 5.78 Å². The van der Waals surface area contributed by atoms with Crippen molar-refractivity contribution in [3.8, 4) is 5.75 Å². The van der Waals surface area contributed by atoms with Gasteiger partial charge >= 0.3 is 0 Å². The smallest absolute Gasteiger partial charge is 0.170 e. The summed E-state index contributed by atoms with van der Waals surface area (Å²) in [4.78, 5) is 11.2. The molecule has 0 aliphatic carbocycles. The summed E-state index contributed by atoms with van der Waals surface area (Å²) in [6.07, 6.45) is 1.30. The van der Waals surface area contributed by atoms with Gasteiger partial charge in [-0.05, 0) is 18.6 Å². The molecule has 4 heteroatoms. The predicted octanol–water partition coefficient (Wildman–Crippen LogP) is 3.34. The number of hydrogen-bond acceptors (Lipinski definition) is 2. The minimum atomic E-state index is -0.387. The maximum Gasteiger partial charge on any atom is 0.170 e. The van der Waals surface area contributed by atoms with Crippen molar-refractivity contribution in [2.75, 3.05) is 6.61 Å². The second-order valence-corrected chi connectivity index (χ2v) is 4.10. The SMILES string of the molecule is CCCC(=O)COc1cc(F)cc(Br)c1. The van der Waals surface area contributed by atoms with Crippen molar-refractivity contribution >= 4 is 21.7 Å². The Hall–Kier alpha value is -0.900. The van der Waals surface area contributed by atoms with Gasteiger partial charge in [0.25, 0.3) is 0 Å². The molecule has 0 spiro atoms. The highest BCUT2D eigenvalue weighted by Gasteiger charge is 2.03. The van der Waals surface area contributed by atoms with Crippen LogP contribution >= 0.6 is 15.9 Å². The first-order chi connectivity index (χ1) is 7.11. The van der Waals surface area contributed by atoms with Crippen molar-refractivity contribution in [2.24, 2.45) is 0 Å². The zero-order chi connectivity index (χ0) is 11.3. The number of carbonyl (C=O) groups is 1. The third-order valence-electron chi connectivity index (χ3n) is 1.76. The fourth-order valence-electron chi connectivity index (χ4n) is 1.13. The molecule has 0 N–H and O–H groups in total. The third-order valence-corrected chi connectivity index (χ3v) is 2.22. The van der Waals surface area contributed by atoms with Crippen LogP contribution in [0.1, 0.15) is 19.8 Å². The van der Waals surface area contributed by atoms with Gasteiger partial charge < -0.3 is 4.74 Å². The second-order valence-electron chi connectivity index (χ2n) is 3.18. The number of hydrogen-bond donors (Lipinski definition) is 0. The first-order valence-corrected chi connectivity index (χ1v) is 5.51. The highest BCUT2D eigenvalue weighted by atomic mass is 79.9. The van der Waals surface area contributed by atoms with Crippen molar-refractivity contribution in [2.45, 2.75) is 19.8 Å². The molecule has 0 aliphatic heterocycles. The Balaban J connectivity index is 2.54. The number of ether oxygens (including phenoxy) is 1. The summed E-state index contributed by atoms with van der Waals surface area (Å²) in [6, 6.07) is 4.22. The van der Waals surface area contributed by atoms with Crippen molar-refractivity contribution < 1.29 is 13.9 Å². The summed E-state index contributed by atoms with van der Waals surface area (Å²) in [7, 11) is 0. The zero-order valence-electron chi connectivity index (χ0n) is 8.43. The van der Waals surface area contributed by atoms with Crippen LogP contribution in [0.4, 0.5) is 4.39 Å². The Morgan fingerprint density at radius 1 is 1.47 bits per heavy atom. The molecule has 0 aromatic heterocycles. The Morgan fingerprint density at radius 2 is 2.20 bits per heavy atom. The van der Waals surface area contributed by atoms with Crippen LogP contribution in [0.2, 0.25) is 0 Å². The van der Waals surface area contributed by atoms with Crippen LogP contribution in [-0.4, -0.2) is 12.4 Å². The fourth-order valence-corrected chi connectivity index (χ4v) is 1.57. The summed E-state index contributed by atoms with van der Waals surface area (Å²) < 4.78 is 18.7. The molecule has 0 radical (unpaired) electrons. The molecule has 1 rings (SSSR count). The van der Waals surface area contributed by atoms with E-state index in [4.69, 9.17) is 4.74 Å². The van der Waals surface area contributed by atoms with Crippen molar-refractivity contribution in [3.05, 3.63) is 28.5 Å². The molecule has 0 atom stereocenters. The van der Waals surface area contributed by atoms with E-state index in [-0.39, 0.29) is 18.2 Å². The fraction of sp³-hybridized carbons (Fsp3) is 0.364.